The molecular weight excluding hydrogens is 426 g/mol. The van der Waals surface area contributed by atoms with Crippen molar-refractivity contribution in [3.8, 4) is 23.0 Å². The van der Waals surface area contributed by atoms with Gasteiger partial charge in [0.2, 0.25) is 5.91 Å². The van der Waals surface area contributed by atoms with Gasteiger partial charge in [0.15, 0.2) is 5.82 Å². The first-order valence-electron chi connectivity index (χ1n) is 10.5. The molecule has 4 aromatic rings. The predicted octanol–water partition coefficient (Wildman–Crippen LogP) is 5.54. The fourth-order valence-corrected chi connectivity index (χ4v) is 4.51. The van der Waals surface area contributed by atoms with Crippen molar-refractivity contribution in [1.29, 1.82) is 0 Å². The number of nitrogens with zero attached hydrogens (tertiary/aromatic N) is 4. The largest absolute Gasteiger partial charge is 0.455 e. The van der Waals surface area contributed by atoms with Crippen LogP contribution >= 0.6 is 11.6 Å². The molecule has 0 aliphatic carbocycles. The van der Waals surface area contributed by atoms with Crippen LogP contribution in [-0.2, 0) is 4.79 Å². The van der Waals surface area contributed by atoms with E-state index in [1.165, 1.54) is 0 Å². The molecule has 1 saturated heterocycles. The molecule has 3 aromatic heterocycles. The van der Waals surface area contributed by atoms with Crippen molar-refractivity contribution in [2.75, 3.05) is 0 Å². The molecule has 1 N–H and O–H groups in total. The van der Waals surface area contributed by atoms with Gasteiger partial charge in [0.1, 0.15) is 22.3 Å². The van der Waals surface area contributed by atoms with Crippen molar-refractivity contribution in [3.05, 3.63) is 65.6 Å². The van der Waals surface area contributed by atoms with Crippen molar-refractivity contribution in [2.45, 2.75) is 38.8 Å². The van der Waals surface area contributed by atoms with E-state index in [9.17, 15) is 4.79 Å². The zero-order valence-electron chi connectivity index (χ0n) is 17.7. The summed E-state index contributed by atoms with van der Waals surface area (Å²) in [5.41, 5.74) is 3.31. The number of aromatic nitrogens is 4. The lowest BCUT2D eigenvalue weighted by Gasteiger charge is -2.29. The van der Waals surface area contributed by atoms with Gasteiger partial charge >= 0.3 is 0 Å². The molecule has 1 aliphatic heterocycles. The number of amides is 1. The van der Waals surface area contributed by atoms with Crippen molar-refractivity contribution >= 4 is 28.5 Å². The first kappa shape index (κ1) is 20.5. The Labute approximate surface area is 190 Å². The molecule has 0 radical (unpaired) electrons. The lowest BCUT2D eigenvalue weighted by atomic mass is 10.0. The van der Waals surface area contributed by atoms with Gasteiger partial charge in [-0.15, -0.1) is 0 Å². The Balaban J connectivity index is 1.63. The van der Waals surface area contributed by atoms with Crippen LogP contribution in [0.15, 0.2) is 54.9 Å². The Morgan fingerprint density at radius 1 is 1.19 bits per heavy atom. The summed E-state index contributed by atoms with van der Waals surface area (Å²) in [4.78, 5) is 31.0. The van der Waals surface area contributed by atoms with Gasteiger partial charge in [0, 0.05) is 30.8 Å². The summed E-state index contributed by atoms with van der Waals surface area (Å²) >= 11 is 5.93. The molecule has 162 valence electrons. The number of fused-ring (bicyclic) bond motifs is 1. The van der Waals surface area contributed by atoms with E-state index in [1.54, 1.807) is 31.5 Å². The number of aromatic amines is 1. The highest BCUT2D eigenvalue weighted by Crippen LogP contribution is 2.43. The number of ether oxygens (including phenoxy) is 1. The third kappa shape index (κ3) is 3.80. The smallest absolute Gasteiger partial charge is 0.220 e. The Morgan fingerprint density at radius 3 is 2.78 bits per heavy atom. The molecule has 0 spiro atoms. The summed E-state index contributed by atoms with van der Waals surface area (Å²) in [6, 6.07) is 13.2. The number of carbonyl (C=O) groups excluding carboxylic acids is 1. The fraction of sp³-hybridized carbons (Fsp3) is 0.250. The summed E-state index contributed by atoms with van der Waals surface area (Å²) in [5, 5.41) is 0.396. The monoisotopic (exact) mass is 447 g/mol. The Hall–Kier alpha value is -3.45. The number of likely N-dealkylation sites (tertiary alicyclic amines) is 1. The second kappa shape index (κ2) is 8.24. The lowest BCUT2D eigenvalue weighted by Crippen LogP contribution is -2.33. The van der Waals surface area contributed by atoms with Crippen LogP contribution in [0.2, 0.25) is 5.15 Å². The first-order valence-corrected chi connectivity index (χ1v) is 10.9. The van der Waals surface area contributed by atoms with Gasteiger partial charge in [0.25, 0.3) is 0 Å². The number of imidazole rings is 1. The van der Waals surface area contributed by atoms with E-state index in [2.05, 4.69) is 21.9 Å². The van der Waals surface area contributed by atoms with Crippen molar-refractivity contribution < 1.29 is 9.53 Å². The summed E-state index contributed by atoms with van der Waals surface area (Å²) in [5.74, 6) is 1.94. The maximum absolute atomic E-state index is 12.4. The summed E-state index contributed by atoms with van der Waals surface area (Å²) in [6.07, 6.45) is 5.12. The molecule has 7 nitrogen and oxygen atoms in total. The maximum atomic E-state index is 12.4. The highest BCUT2D eigenvalue weighted by atomic mass is 35.5. The average Bonchev–Trinajstić information content (AvgIpc) is 3.38. The van der Waals surface area contributed by atoms with Gasteiger partial charge in [0.05, 0.1) is 23.3 Å². The molecule has 1 fully saturated rings. The number of H-pyrrole nitrogens is 1. The van der Waals surface area contributed by atoms with E-state index >= 15 is 0 Å². The number of halogens is 1. The minimum atomic E-state index is -0.0799. The predicted molar refractivity (Wildman–Crippen MR) is 123 cm³/mol. The van der Waals surface area contributed by atoms with Crippen LogP contribution in [0.4, 0.5) is 0 Å². The molecule has 1 aromatic carbocycles. The van der Waals surface area contributed by atoms with Crippen molar-refractivity contribution in [1.82, 2.24) is 24.8 Å². The van der Waals surface area contributed by atoms with Gasteiger partial charge in [-0.25, -0.2) is 9.97 Å². The Morgan fingerprint density at radius 2 is 2.06 bits per heavy atom. The zero-order chi connectivity index (χ0) is 22.2. The van der Waals surface area contributed by atoms with Crippen LogP contribution in [0.3, 0.4) is 0 Å². The van der Waals surface area contributed by atoms with Crippen LogP contribution in [0, 0.1) is 0 Å². The third-order valence-corrected chi connectivity index (χ3v) is 6.06. The molecule has 0 bridgehead atoms. The van der Waals surface area contributed by atoms with Gasteiger partial charge in [-0.1, -0.05) is 17.7 Å². The van der Waals surface area contributed by atoms with Crippen LogP contribution in [0.1, 0.15) is 38.3 Å². The van der Waals surface area contributed by atoms with Crippen LogP contribution in [0.25, 0.3) is 22.6 Å². The third-order valence-electron chi connectivity index (χ3n) is 5.84. The van der Waals surface area contributed by atoms with Gasteiger partial charge in [-0.2, -0.15) is 0 Å². The molecule has 5 rings (SSSR count). The second-order valence-corrected chi connectivity index (χ2v) is 8.38. The highest BCUT2D eigenvalue weighted by Gasteiger charge is 2.35. The fourth-order valence-electron chi connectivity index (χ4n) is 4.40. The summed E-state index contributed by atoms with van der Waals surface area (Å²) in [6.45, 7) is 3.70. The molecule has 0 saturated carbocycles. The summed E-state index contributed by atoms with van der Waals surface area (Å²) < 4.78 is 6.23. The van der Waals surface area contributed by atoms with Crippen molar-refractivity contribution in [2.24, 2.45) is 0 Å². The lowest BCUT2D eigenvalue weighted by molar-refractivity contribution is -0.131. The van der Waals surface area contributed by atoms with E-state index in [-0.39, 0.29) is 18.0 Å². The molecule has 4 heterocycles. The number of hydrogen-bond acceptors (Lipinski definition) is 5. The molecule has 1 aliphatic rings. The highest BCUT2D eigenvalue weighted by molar-refractivity contribution is 6.29. The number of benzene rings is 1. The van der Waals surface area contributed by atoms with Gasteiger partial charge in [-0.3, -0.25) is 9.78 Å². The van der Waals surface area contributed by atoms with Crippen molar-refractivity contribution in [3.63, 3.8) is 0 Å². The van der Waals surface area contributed by atoms with E-state index in [0.29, 0.717) is 22.5 Å². The van der Waals surface area contributed by atoms with E-state index < -0.39 is 0 Å². The minimum Gasteiger partial charge on any atom is -0.455 e. The maximum Gasteiger partial charge on any atom is 0.220 e. The summed E-state index contributed by atoms with van der Waals surface area (Å²) in [7, 11) is 0. The molecule has 8 heteroatoms. The van der Waals surface area contributed by atoms with Crippen LogP contribution in [0.5, 0.6) is 11.5 Å². The topological polar surface area (TPSA) is 84.0 Å². The molecular formula is C24H22ClN5O2. The van der Waals surface area contributed by atoms with E-state index in [4.69, 9.17) is 21.3 Å². The first-order chi connectivity index (χ1) is 15.5. The molecule has 32 heavy (non-hydrogen) atoms. The van der Waals surface area contributed by atoms with Crippen LogP contribution in [-0.4, -0.2) is 36.8 Å². The van der Waals surface area contributed by atoms with Gasteiger partial charge in [-0.05, 0) is 50.1 Å². The molecule has 2 unspecified atom stereocenters. The number of hydrogen-bond donors (Lipinski definition) is 1. The van der Waals surface area contributed by atoms with Gasteiger partial charge < -0.3 is 14.6 Å². The Kier molecular flexibility index (Phi) is 5.27. The number of nitrogens with one attached hydrogen (secondary N) is 1. The minimum absolute atomic E-state index is 0.0537. The second-order valence-electron chi connectivity index (χ2n) is 7.99. The molecule has 2 atom stereocenters. The quantitative estimate of drug-likeness (QED) is 0.415. The number of rotatable bonds is 4. The number of pyridine rings is 2. The number of carbonyl (C=O) groups is 1. The standard InChI is InChI=1S/C24H22ClN5O2/c1-14-6-8-21(30(14)15(2)31)17-11-19-20(29-24(28-19)18-5-3-4-10-26-18)12-22(17)32-16-7-9-23(25)27-13-16/h3-5,7,9-14,21H,6,8H2,1-2H3,(H,28,29). The van der Waals surface area contributed by atoms with E-state index in [1.807, 2.05) is 35.2 Å². The molecule has 1 amide bonds. The zero-order valence-corrected chi connectivity index (χ0v) is 18.5. The average molecular weight is 448 g/mol. The SMILES string of the molecule is CC(=O)N1C(C)CCC1c1cc2[nH]c(-c3ccccn3)nc2cc1Oc1ccc(Cl)nc1. The van der Waals surface area contributed by atoms with E-state index in [0.717, 1.165) is 35.1 Å². The Bertz CT molecular complexity index is 1270. The normalized spacial score (nSPS) is 18.3. The van der Waals surface area contributed by atoms with Crippen LogP contribution < -0.4 is 4.74 Å².